The van der Waals surface area contributed by atoms with Crippen molar-refractivity contribution in [1.82, 2.24) is 0 Å². The van der Waals surface area contributed by atoms with Crippen molar-refractivity contribution < 1.29 is 18.8 Å². The molecule has 2 aromatic rings. The fraction of sp³-hybridized carbons (Fsp3) is 0.227. The Labute approximate surface area is 161 Å². The Bertz CT molecular complexity index is 984. The second kappa shape index (κ2) is 7.53. The molecule has 0 fully saturated rings. The molecule has 1 aliphatic rings. The predicted molar refractivity (Wildman–Crippen MR) is 109 cm³/mol. The van der Waals surface area contributed by atoms with Gasteiger partial charge in [0.05, 0.1) is 13.0 Å². The number of aliphatic carboxylic acids is 1. The van der Waals surface area contributed by atoms with Crippen LogP contribution in [0.15, 0.2) is 52.9 Å². The normalized spacial score (nSPS) is 17.0. The van der Waals surface area contributed by atoms with Crippen LogP contribution in [0.25, 0.3) is 17.2 Å². The van der Waals surface area contributed by atoms with Gasteiger partial charge in [-0.2, -0.15) is 0 Å². The van der Waals surface area contributed by atoms with Crippen LogP contribution in [0.2, 0.25) is 0 Å². The van der Waals surface area contributed by atoms with Gasteiger partial charge in [0.2, 0.25) is 0 Å². The van der Waals surface area contributed by atoms with Gasteiger partial charge < -0.3 is 9.84 Å². The summed E-state index contributed by atoms with van der Waals surface area (Å²) in [5.74, 6) is -0.770. The van der Waals surface area contributed by atoms with Gasteiger partial charge in [0.1, 0.15) is 5.75 Å². The summed E-state index contributed by atoms with van der Waals surface area (Å²) >= 11 is 0. The van der Waals surface area contributed by atoms with E-state index in [9.17, 15) is 14.1 Å². The molecule has 0 aromatic heterocycles. The largest absolute Gasteiger partial charge is 0.497 e. The van der Waals surface area contributed by atoms with E-state index in [-0.39, 0.29) is 0 Å². The van der Waals surface area contributed by atoms with E-state index < -0.39 is 22.7 Å². The Balaban J connectivity index is 2.15. The van der Waals surface area contributed by atoms with Gasteiger partial charge in [-0.15, -0.1) is 0 Å². The van der Waals surface area contributed by atoms with Crippen LogP contribution in [0.5, 0.6) is 5.75 Å². The number of allylic oxidation sites excluding steroid dienone is 2. The van der Waals surface area contributed by atoms with Gasteiger partial charge in [-0.3, -0.25) is 9.00 Å². The average Bonchev–Trinajstić information content (AvgIpc) is 2.92. The van der Waals surface area contributed by atoms with Crippen LogP contribution in [0.4, 0.5) is 0 Å². The molecule has 27 heavy (non-hydrogen) atoms. The molecule has 3 rings (SSSR count). The van der Waals surface area contributed by atoms with E-state index >= 15 is 0 Å². The summed E-state index contributed by atoms with van der Waals surface area (Å²) in [5.41, 5.74) is 5.65. The van der Waals surface area contributed by atoms with Crippen molar-refractivity contribution in [2.45, 2.75) is 18.7 Å². The van der Waals surface area contributed by atoms with Crippen LogP contribution >= 0.6 is 0 Å². The summed E-state index contributed by atoms with van der Waals surface area (Å²) in [5, 5.41) is 9.56. The van der Waals surface area contributed by atoms with Crippen molar-refractivity contribution >= 4 is 34.0 Å². The molecule has 0 bridgehead atoms. The number of carboxylic acid groups (broad SMARTS) is 1. The molecule has 0 spiro atoms. The molecule has 2 atom stereocenters. The SMILES string of the molecule is COc1ccc2c(c1)C(C(C)C(=O)O)=C(C)/C2=C\c1ccc(S(C)=O)cc1. The lowest BCUT2D eigenvalue weighted by molar-refractivity contribution is -0.139. The van der Waals surface area contributed by atoms with Crippen LogP contribution in [-0.2, 0) is 15.6 Å². The monoisotopic (exact) mass is 382 g/mol. The second-order valence-corrected chi connectivity index (χ2v) is 7.97. The smallest absolute Gasteiger partial charge is 0.310 e. The fourth-order valence-corrected chi connectivity index (χ4v) is 3.97. The summed E-state index contributed by atoms with van der Waals surface area (Å²) in [7, 11) is 0.586. The van der Waals surface area contributed by atoms with Crippen LogP contribution < -0.4 is 4.74 Å². The van der Waals surface area contributed by atoms with Crippen LogP contribution in [0, 0.1) is 5.92 Å². The first-order chi connectivity index (χ1) is 12.8. The third-order valence-electron chi connectivity index (χ3n) is 4.94. The summed E-state index contributed by atoms with van der Waals surface area (Å²) < 4.78 is 16.9. The highest BCUT2D eigenvalue weighted by atomic mass is 32.2. The number of fused-ring (bicyclic) bond motifs is 1. The second-order valence-electron chi connectivity index (χ2n) is 6.59. The quantitative estimate of drug-likeness (QED) is 0.828. The first-order valence-electron chi connectivity index (χ1n) is 8.61. The van der Waals surface area contributed by atoms with E-state index in [4.69, 9.17) is 4.74 Å². The van der Waals surface area contributed by atoms with Crippen molar-refractivity contribution in [1.29, 1.82) is 0 Å². The molecule has 2 aromatic carbocycles. The molecule has 0 saturated heterocycles. The number of ether oxygens (including phenoxy) is 1. The molecule has 1 N–H and O–H groups in total. The molecule has 1 aliphatic carbocycles. The van der Waals surface area contributed by atoms with Crippen molar-refractivity contribution in [3.8, 4) is 5.75 Å². The fourth-order valence-electron chi connectivity index (χ4n) is 3.45. The van der Waals surface area contributed by atoms with Crippen LogP contribution in [0.3, 0.4) is 0 Å². The molecule has 0 amide bonds. The van der Waals surface area contributed by atoms with Crippen molar-refractivity contribution in [3.63, 3.8) is 0 Å². The minimum Gasteiger partial charge on any atom is -0.497 e. The molecular weight excluding hydrogens is 360 g/mol. The topological polar surface area (TPSA) is 63.6 Å². The van der Waals surface area contributed by atoms with Crippen molar-refractivity contribution in [3.05, 3.63) is 64.7 Å². The summed E-state index contributed by atoms with van der Waals surface area (Å²) in [6, 6.07) is 13.3. The highest BCUT2D eigenvalue weighted by Gasteiger charge is 2.30. The van der Waals surface area contributed by atoms with Gasteiger partial charge in [0.25, 0.3) is 0 Å². The summed E-state index contributed by atoms with van der Waals surface area (Å²) in [6.45, 7) is 3.67. The molecule has 140 valence electrons. The van der Waals surface area contributed by atoms with Gasteiger partial charge >= 0.3 is 5.97 Å². The van der Waals surface area contributed by atoms with Gasteiger partial charge in [-0.05, 0) is 77.6 Å². The van der Waals surface area contributed by atoms with E-state index in [1.165, 1.54) is 0 Å². The standard InChI is InChI=1S/C22H22O4S/c1-13-19(11-15-5-8-17(9-6-15)27(4)25)18-10-7-16(26-3)12-20(18)21(13)14(2)22(23)24/h5-12,14H,1-4H3,(H,23,24)/b19-11+. The zero-order chi connectivity index (χ0) is 19.7. The molecule has 4 nitrogen and oxygen atoms in total. The Morgan fingerprint density at radius 3 is 2.37 bits per heavy atom. The van der Waals surface area contributed by atoms with E-state index in [1.807, 2.05) is 55.5 Å². The maximum atomic E-state index is 11.6. The van der Waals surface area contributed by atoms with Gasteiger partial charge in [0.15, 0.2) is 0 Å². The molecule has 0 radical (unpaired) electrons. The third kappa shape index (κ3) is 3.60. The number of hydrogen-bond donors (Lipinski definition) is 1. The van der Waals surface area contributed by atoms with Gasteiger partial charge in [-0.1, -0.05) is 18.2 Å². The Morgan fingerprint density at radius 1 is 1.15 bits per heavy atom. The number of methoxy groups -OCH3 is 1. The minimum absolute atomic E-state index is 0.619. The number of rotatable bonds is 5. The molecule has 0 saturated carbocycles. The Kier molecular flexibility index (Phi) is 5.33. The van der Waals surface area contributed by atoms with Gasteiger partial charge in [0, 0.05) is 22.0 Å². The lowest BCUT2D eigenvalue weighted by Crippen LogP contribution is -2.11. The van der Waals surface area contributed by atoms with E-state index in [2.05, 4.69) is 0 Å². The zero-order valence-corrected chi connectivity index (χ0v) is 16.6. The Morgan fingerprint density at radius 2 is 1.81 bits per heavy atom. The van der Waals surface area contributed by atoms with Gasteiger partial charge in [-0.25, -0.2) is 0 Å². The molecule has 0 aliphatic heterocycles. The number of carbonyl (C=O) groups is 1. The van der Waals surface area contributed by atoms with Crippen LogP contribution in [0.1, 0.15) is 30.5 Å². The van der Waals surface area contributed by atoms with E-state index in [0.717, 1.165) is 38.3 Å². The highest BCUT2D eigenvalue weighted by molar-refractivity contribution is 7.84. The molecule has 0 heterocycles. The summed E-state index contributed by atoms with van der Waals surface area (Å²) in [6.07, 6.45) is 3.70. The van der Waals surface area contributed by atoms with E-state index in [0.29, 0.717) is 5.75 Å². The lowest BCUT2D eigenvalue weighted by atomic mass is 9.93. The zero-order valence-electron chi connectivity index (χ0n) is 15.8. The van der Waals surface area contributed by atoms with Crippen molar-refractivity contribution in [2.75, 3.05) is 13.4 Å². The number of benzene rings is 2. The van der Waals surface area contributed by atoms with Crippen LogP contribution in [-0.4, -0.2) is 28.7 Å². The lowest BCUT2D eigenvalue weighted by Gasteiger charge is -2.12. The maximum Gasteiger partial charge on any atom is 0.310 e. The highest BCUT2D eigenvalue weighted by Crippen LogP contribution is 2.46. The van der Waals surface area contributed by atoms with E-state index in [1.54, 1.807) is 20.3 Å². The third-order valence-corrected chi connectivity index (χ3v) is 5.88. The predicted octanol–water partition coefficient (Wildman–Crippen LogP) is 4.48. The first-order valence-corrected chi connectivity index (χ1v) is 10.2. The first kappa shape index (κ1) is 19.1. The minimum atomic E-state index is -1.01. The molecule has 2 unspecified atom stereocenters. The number of hydrogen-bond acceptors (Lipinski definition) is 3. The molecule has 5 heteroatoms. The summed E-state index contributed by atoms with van der Waals surface area (Å²) in [4.78, 5) is 12.4. The average molecular weight is 382 g/mol. The molecular formula is C22H22O4S. The number of carboxylic acids is 1. The van der Waals surface area contributed by atoms with Crippen molar-refractivity contribution in [2.24, 2.45) is 5.92 Å². The Hall–Kier alpha value is -2.66. The maximum absolute atomic E-state index is 11.6.